The Hall–Kier alpha value is -5.09. The zero-order valence-corrected chi connectivity index (χ0v) is 32.1. The van der Waals surface area contributed by atoms with Crippen molar-refractivity contribution >= 4 is 39.7 Å². The van der Waals surface area contributed by atoms with Gasteiger partial charge in [-0.2, -0.15) is 9.97 Å². The molecule has 1 N–H and O–H groups in total. The number of fused-ring (bicyclic) bond motifs is 7. The van der Waals surface area contributed by atoms with E-state index in [2.05, 4.69) is 10.2 Å². The molecule has 4 aromatic rings. The molecule has 57 heavy (non-hydrogen) atoms. The summed E-state index contributed by atoms with van der Waals surface area (Å²) >= 11 is 0. The molecular weight excluding hydrogens is 740 g/mol. The number of alkyl carbamates (subject to hydrolysis) is 1. The highest BCUT2D eigenvalue weighted by Gasteiger charge is 2.49. The molecule has 0 aliphatic carbocycles. The molecule has 14 nitrogen and oxygen atoms in total. The van der Waals surface area contributed by atoms with Crippen molar-refractivity contribution in [1.29, 1.82) is 0 Å². The molecule has 3 atom stereocenters. The zero-order chi connectivity index (χ0) is 39.1. The largest absolute Gasteiger partial charge is 0.461 e. The number of aromatic nitrogens is 3. The number of nitrogens with one attached hydrogen (secondary N) is 1. The third-order valence-electron chi connectivity index (χ3n) is 12.1. The summed E-state index contributed by atoms with van der Waals surface area (Å²) in [5.41, 5.74) is 0.290. The molecule has 8 heterocycles. The highest BCUT2D eigenvalue weighted by atomic mass is 19.1. The summed E-state index contributed by atoms with van der Waals surface area (Å²) < 4.78 is 61.0. The number of ether oxygens (including phenoxy) is 5. The normalized spacial score (nSPS) is 25.3. The van der Waals surface area contributed by atoms with Crippen LogP contribution < -0.4 is 19.7 Å². The van der Waals surface area contributed by atoms with Crippen LogP contribution in [0.15, 0.2) is 36.5 Å². The van der Waals surface area contributed by atoms with Gasteiger partial charge in [-0.1, -0.05) is 18.2 Å². The third kappa shape index (κ3) is 7.44. The summed E-state index contributed by atoms with van der Waals surface area (Å²) in [4.78, 5) is 45.9. The van der Waals surface area contributed by atoms with Crippen LogP contribution in [0, 0.1) is 5.82 Å². The maximum Gasteiger partial charge on any atom is 0.412 e. The third-order valence-corrected chi connectivity index (χ3v) is 12.1. The monoisotopic (exact) mass is 787 g/mol. The molecule has 16 heteroatoms. The Kier molecular flexibility index (Phi) is 10.1. The van der Waals surface area contributed by atoms with Crippen molar-refractivity contribution in [1.82, 2.24) is 30.1 Å². The van der Waals surface area contributed by atoms with Crippen LogP contribution in [-0.4, -0.2) is 127 Å². The maximum absolute atomic E-state index is 17.5. The lowest BCUT2D eigenvalue weighted by atomic mass is 9.91. The van der Waals surface area contributed by atoms with E-state index >= 15 is 4.39 Å². The van der Waals surface area contributed by atoms with Crippen LogP contribution in [0.2, 0.25) is 0 Å². The Balaban J connectivity index is 1.14. The van der Waals surface area contributed by atoms with Gasteiger partial charge in [-0.25, -0.2) is 18.4 Å². The van der Waals surface area contributed by atoms with Gasteiger partial charge in [0.15, 0.2) is 5.82 Å². The summed E-state index contributed by atoms with van der Waals surface area (Å²) in [5, 5.41) is 4.97. The quantitative estimate of drug-likeness (QED) is 0.237. The van der Waals surface area contributed by atoms with Gasteiger partial charge in [0.25, 0.3) is 0 Å². The van der Waals surface area contributed by atoms with E-state index in [4.69, 9.17) is 38.6 Å². The van der Waals surface area contributed by atoms with Gasteiger partial charge in [0.05, 0.1) is 36.3 Å². The molecule has 6 aliphatic heterocycles. The van der Waals surface area contributed by atoms with Gasteiger partial charge >= 0.3 is 18.2 Å². The summed E-state index contributed by atoms with van der Waals surface area (Å²) in [6.45, 7) is 5.82. The van der Waals surface area contributed by atoms with Gasteiger partial charge in [-0.15, -0.1) is 0 Å². The first kappa shape index (κ1) is 37.5. The topological polar surface area (TPSA) is 141 Å². The predicted octanol–water partition coefficient (Wildman–Crippen LogP) is 5.78. The van der Waals surface area contributed by atoms with Crippen LogP contribution in [0.25, 0.3) is 32.9 Å². The number of hydrogen-bond acceptors (Lipinski definition) is 12. The van der Waals surface area contributed by atoms with E-state index in [1.54, 1.807) is 17.2 Å². The van der Waals surface area contributed by atoms with Crippen LogP contribution in [-0.2, 0) is 20.6 Å². The summed E-state index contributed by atoms with van der Waals surface area (Å²) in [6, 6.07) is 9.26. The fraction of sp³-hybridized carbons (Fsp3) is 0.537. The standard InChI is InChI=1S/C41H47F2N7O7/c1-40-9-4-11-49(23-40)36-31-21-44-34(33(43)35(31)45-37(46-36)55-24-41-10-5-12-50(41)22-28(42)20-41)30-19-29(56-25-57-39(52)48-13-16-53-17-14-48)18-27-7-2-6-26(32(27)30)8-3-15-54-38(51)47-40/h2,6-7,18-19,21,28H,3-5,8-17,20,22-25H2,1H3,(H,47,51)/t28-,40-,41+/m1/s1. The zero-order valence-electron chi connectivity index (χ0n) is 32.1. The van der Waals surface area contributed by atoms with E-state index in [1.165, 1.54) is 0 Å². The molecule has 0 unspecified atom stereocenters. The van der Waals surface area contributed by atoms with Crippen molar-refractivity contribution in [3.8, 4) is 23.0 Å². The highest BCUT2D eigenvalue weighted by Crippen LogP contribution is 2.42. The van der Waals surface area contributed by atoms with Gasteiger partial charge in [0.2, 0.25) is 6.79 Å². The number of hydrogen-bond donors (Lipinski definition) is 1. The number of piperidine rings is 1. The number of carbonyl (C=O) groups is 2. The molecule has 0 spiro atoms. The second-order valence-corrected chi connectivity index (χ2v) is 16.1. The summed E-state index contributed by atoms with van der Waals surface area (Å²) in [6.07, 6.45) is 4.22. The Morgan fingerprint density at radius 1 is 1.05 bits per heavy atom. The number of nitrogens with zero attached hydrogens (tertiary/aromatic N) is 6. The number of alkyl halides is 1. The fourth-order valence-corrected chi connectivity index (χ4v) is 9.34. The van der Waals surface area contributed by atoms with E-state index in [0.29, 0.717) is 94.1 Å². The Bertz CT molecular complexity index is 2190. The molecular formula is C41H47F2N7O7. The van der Waals surface area contributed by atoms with E-state index in [1.807, 2.05) is 36.1 Å². The van der Waals surface area contributed by atoms with Gasteiger partial charge in [0, 0.05) is 50.9 Å². The van der Waals surface area contributed by atoms with Crippen LogP contribution >= 0.6 is 0 Å². The van der Waals surface area contributed by atoms with Crippen LogP contribution in [0.1, 0.15) is 51.0 Å². The first-order valence-corrected chi connectivity index (χ1v) is 19.9. The minimum absolute atomic E-state index is 0.0145. The molecule has 2 aromatic carbocycles. The molecule has 302 valence electrons. The number of halogens is 2. The van der Waals surface area contributed by atoms with E-state index < -0.39 is 35.3 Å². The van der Waals surface area contributed by atoms with E-state index in [0.717, 1.165) is 42.1 Å². The van der Waals surface area contributed by atoms with Gasteiger partial charge < -0.3 is 38.8 Å². The molecule has 0 radical (unpaired) electrons. The van der Waals surface area contributed by atoms with Crippen LogP contribution in [0.5, 0.6) is 11.8 Å². The Morgan fingerprint density at radius 3 is 2.79 bits per heavy atom. The average Bonchev–Trinajstić information content (AvgIpc) is 3.74. The van der Waals surface area contributed by atoms with Crippen molar-refractivity contribution in [2.24, 2.45) is 0 Å². The van der Waals surface area contributed by atoms with Crippen molar-refractivity contribution in [2.75, 3.05) is 77.4 Å². The van der Waals surface area contributed by atoms with Gasteiger partial charge in [-0.3, -0.25) is 9.88 Å². The number of aryl methyl sites for hydroxylation is 1. The average molecular weight is 788 g/mol. The lowest BCUT2D eigenvalue weighted by molar-refractivity contribution is 0.00158. The van der Waals surface area contributed by atoms with Crippen molar-refractivity contribution in [3.05, 3.63) is 47.9 Å². The van der Waals surface area contributed by atoms with Crippen LogP contribution in [0.3, 0.4) is 0 Å². The molecule has 2 aromatic heterocycles. The Morgan fingerprint density at radius 2 is 1.91 bits per heavy atom. The van der Waals surface area contributed by atoms with Crippen molar-refractivity contribution < 1.29 is 42.1 Å². The Labute approximate surface area is 328 Å². The molecule has 4 saturated heterocycles. The number of anilines is 1. The van der Waals surface area contributed by atoms with Crippen molar-refractivity contribution in [2.45, 2.75) is 69.1 Å². The second-order valence-electron chi connectivity index (χ2n) is 16.1. The highest BCUT2D eigenvalue weighted by molar-refractivity contribution is 6.01. The number of benzene rings is 2. The summed E-state index contributed by atoms with van der Waals surface area (Å²) in [7, 11) is 0. The molecule has 6 bridgehead atoms. The number of morpholine rings is 1. The number of pyridine rings is 1. The molecule has 2 amide bonds. The molecule has 4 fully saturated rings. The van der Waals surface area contributed by atoms with Gasteiger partial charge in [0.1, 0.15) is 35.6 Å². The van der Waals surface area contributed by atoms with Crippen molar-refractivity contribution in [3.63, 3.8) is 0 Å². The predicted molar refractivity (Wildman–Crippen MR) is 206 cm³/mol. The smallest absolute Gasteiger partial charge is 0.412 e. The first-order chi connectivity index (χ1) is 27.7. The van der Waals surface area contributed by atoms with Gasteiger partial charge in [-0.05, 0) is 80.5 Å². The first-order valence-electron chi connectivity index (χ1n) is 19.9. The summed E-state index contributed by atoms with van der Waals surface area (Å²) in [5.74, 6) is 0.109. The number of carbonyl (C=O) groups excluding carboxylic acids is 2. The van der Waals surface area contributed by atoms with E-state index in [-0.39, 0.29) is 37.2 Å². The molecule has 6 aliphatic rings. The minimum atomic E-state index is -0.939. The lowest BCUT2D eigenvalue weighted by Crippen LogP contribution is -2.57. The van der Waals surface area contributed by atoms with Crippen LogP contribution in [0.4, 0.5) is 24.2 Å². The fourth-order valence-electron chi connectivity index (χ4n) is 9.34. The molecule has 0 saturated carbocycles. The number of rotatable bonds is 6. The van der Waals surface area contributed by atoms with E-state index in [9.17, 15) is 14.0 Å². The second kappa shape index (κ2) is 15.3. The minimum Gasteiger partial charge on any atom is -0.461 e. The lowest BCUT2D eigenvalue weighted by Gasteiger charge is -2.41. The molecule has 10 rings (SSSR count). The SMILES string of the molecule is C[C@@]12CCCN(C1)c1nc(OC[C@@]34CCCN3C[C@H](F)C4)nc3c(F)c(ncc13)-c1cc(OCOC(=O)N3CCOCC3)cc3cccc(c13)CCCOC(=O)N2. The number of amides is 2. The maximum atomic E-state index is 17.5.